The highest BCUT2D eigenvalue weighted by atomic mass is 32.2. The Bertz CT molecular complexity index is 856. The zero-order valence-corrected chi connectivity index (χ0v) is 16.9. The number of hydrogen-bond acceptors (Lipinski definition) is 5. The second-order valence-electron chi connectivity index (χ2n) is 7.41. The summed E-state index contributed by atoms with van der Waals surface area (Å²) in [6, 6.07) is -0.0835. The van der Waals surface area contributed by atoms with E-state index in [4.69, 9.17) is 0 Å². The third-order valence-corrected chi connectivity index (χ3v) is 7.02. The maximum absolute atomic E-state index is 13.4. The molecule has 2 aromatic rings. The number of aromatic amines is 1. The van der Waals surface area contributed by atoms with E-state index < -0.39 is 10.0 Å². The summed E-state index contributed by atoms with van der Waals surface area (Å²) in [6.45, 7) is 10.0. The third-order valence-electron chi connectivity index (χ3n) is 4.90. The van der Waals surface area contributed by atoms with Gasteiger partial charge in [0.25, 0.3) is 0 Å². The predicted octanol–water partition coefficient (Wildman–Crippen LogP) is 1.56. The molecule has 0 aliphatic carbocycles. The van der Waals surface area contributed by atoms with Gasteiger partial charge in [-0.1, -0.05) is 13.8 Å². The van der Waals surface area contributed by atoms with Crippen molar-refractivity contribution in [1.29, 1.82) is 0 Å². The maximum atomic E-state index is 13.4. The van der Waals surface area contributed by atoms with Gasteiger partial charge >= 0.3 is 0 Å². The van der Waals surface area contributed by atoms with Crippen LogP contribution in [0.5, 0.6) is 0 Å². The summed E-state index contributed by atoms with van der Waals surface area (Å²) in [5.41, 5.74) is 1.28. The van der Waals surface area contributed by atoms with Crippen LogP contribution in [0.2, 0.25) is 0 Å². The molecule has 1 aliphatic heterocycles. The lowest BCUT2D eigenvalue weighted by Crippen LogP contribution is -2.49. The zero-order valence-electron chi connectivity index (χ0n) is 16.1. The average molecular weight is 381 g/mol. The van der Waals surface area contributed by atoms with Crippen LogP contribution in [0.4, 0.5) is 0 Å². The Balaban J connectivity index is 1.92. The molecule has 1 atom stereocenters. The monoisotopic (exact) mass is 380 g/mol. The molecule has 8 nitrogen and oxygen atoms in total. The summed E-state index contributed by atoms with van der Waals surface area (Å²) in [6.07, 6.45) is 3.46. The Hall–Kier alpha value is -1.71. The molecule has 0 amide bonds. The summed E-state index contributed by atoms with van der Waals surface area (Å²) >= 11 is 0. The molecule has 0 spiro atoms. The van der Waals surface area contributed by atoms with Gasteiger partial charge in [-0.15, -0.1) is 0 Å². The van der Waals surface area contributed by atoms with Gasteiger partial charge in [0.2, 0.25) is 10.0 Å². The van der Waals surface area contributed by atoms with Crippen LogP contribution in [-0.2, 0) is 16.6 Å². The maximum Gasteiger partial charge on any atom is 0.246 e. The average Bonchev–Trinajstić information content (AvgIpc) is 3.16. The third kappa shape index (κ3) is 3.43. The van der Waals surface area contributed by atoms with E-state index in [1.807, 2.05) is 18.7 Å². The number of hydrogen-bond donors (Lipinski definition) is 1. The van der Waals surface area contributed by atoms with Crippen LogP contribution in [0.3, 0.4) is 0 Å². The minimum absolute atomic E-state index is 0.0835. The van der Waals surface area contributed by atoms with Crippen LogP contribution in [0, 0.1) is 19.8 Å². The molecule has 1 N–H and O–H groups in total. The highest BCUT2D eigenvalue weighted by molar-refractivity contribution is 7.89. The number of nitrogens with zero attached hydrogens (tertiary/aromatic N) is 5. The van der Waals surface area contributed by atoms with Gasteiger partial charge in [-0.3, -0.25) is 9.58 Å². The lowest BCUT2D eigenvalue weighted by molar-refractivity contribution is 0.142. The molecular formula is C17H28N6O2S. The lowest BCUT2D eigenvalue weighted by Gasteiger charge is -2.37. The van der Waals surface area contributed by atoms with E-state index in [0.29, 0.717) is 48.4 Å². The Morgan fingerprint density at radius 1 is 1.31 bits per heavy atom. The first-order valence-corrected chi connectivity index (χ1v) is 10.4. The fraction of sp³-hybridized carbons (Fsp3) is 0.647. The molecule has 144 valence electrons. The summed E-state index contributed by atoms with van der Waals surface area (Å²) in [7, 11) is -1.61. The number of nitrogens with one attached hydrogen (secondary N) is 1. The fourth-order valence-electron chi connectivity index (χ4n) is 3.53. The number of H-pyrrole nitrogens is 1. The molecule has 2 aromatic heterocycles. The number of likely N-dealkylation sites (N-methyl/N-ethyl adjacent to an activating group) is 1. The summed E-state index contributed by atoms with van der Waals surface area (Å²) in [5, 5.41) is 4.48. The SMILES string of the molecule is Cc1nn(CC(C)C)c(C)c1S(=O)(=O)N1CCN(C)C(c2ncc[nH]2)C1. The van der Waals surface area contributed by atoms with Crippen LogP contribution in [0.15, 0.2) is 17.3 Å². The number of rotatable bonds is 5. The summed E-state index contributed by atoms with van der Waals surface area (Å²) < 4.78 is 30.1. The second-order valence-corrected chi connectivity index (χ2v) is 9.28. The standard InChI is InChI=1S/C17H28N6O2S/c1-12(2)10-23-14(4)16(13(3)20-23)26(24,25)22-9-8-21(5)15(11-22)17-18-6-7-19-17/h6-7,12,15H,8-11H2,1-5H3,(H,18,19). The van der Waals surface area contributed by atoms with Crippen molar-refractivity contribution in [3.05, 3.63) is 29.6 Å². The molecule has 1 fully saturated rings. The van der Waals surface area contributed by atoms with Crippen molar-refractivity contribution in [2.75, 3.05) is 26.7 Å². The van der Waals surface area contributed by atoms with Crippen molar-refractivity contribution >= 4 is 10.0 Å². The minimum atomic E-state index is -3.60. The Morgan fingerprint density at radius 3 is 2.65 bits per heavy atom. The zero-order chi connectivity index (χ0) is 19.1. The number of imidazole rings is 1. The van der Waals surface area contributed by atoms with Crippen LogP contribution in [0.1, 0.15) is 37.1 Å². The normalized spacial score (nSPS) is 20.2. The van der Waals surface area contributed by atoms with E-state index in [1.54, 1.807) is 23.6 Å². The number of piperazine rings is 1. The lowest BCUT2D eigenvalue weighted by atomic mass is 10.2. The van der Waals surface area contributed by atoms with Crippen molar-refractivity contribution in [1.82, 2.24) is 29.0 Å². The van der Waals surface area contributed by atoms with Crippen molar-refractivity contribution in [2.24, 2.45) is 5.92 Å². The summed E-state index contributed by atoms with van der Waals surface area (Å²) in [4.78, 5) is 9.90. The highest BCUT2D eigenvalue weighted by Crippen LogP contribution is 2.29. The van der Waals surface area contributed by atoms with Gasteiger partial charge in [0.15, 0.2) is 0 Å². The molecule has 1 aliphatic rings. The van der Waals surface area contributed by atoms with Gasteiger partial charge in [-0.25, -0.2) is 13.4 Å². The van der Waals surface area contributed by atoms with Gasteiger partial charge < -0.3 is 4.98 Å². The molecule has 0 bridgehead atoms. The quantitative estimate of drug-likeness (QED) is 0.850. The Kier molecular flexibility index (Phi) is 5.23. The first kappa shape index (κ1) is 19.1. The molecular weight excluding hydrogens is 352 g/mol. The largest absolute Gasteiger partial charge is 0.347 e. The van der Waals surface area contributed by atoms with Gasteiger partial charge in [-0.2, -0.15) is 9.40 Å². The Labute approximate surface area is 155 Å². The van der Waals surface area contributed by atoms with Gasteiger partial charge in [0.1, 0.15) is 10.7 Å². The Morgan fingerprint density at radius 2 is 2.04 bits per heavy atom. The highest BCUT2D eigenvalue weighted by Gasteiger charge is 2.37. The van der Waals surface area contributed by atoms with Crippen molar-refractivity contribution in [3.63, 3.8) is 0 Å². The van der Waals surface area contributed by atoms with Crippen LogP contribution in [-0.4, -0.2) is 64.1 Å². The van der Waals surface area contributed by atoms with E-state index in [0.717, 1.165) is 5.82 Å². The number of aryl methyl sites for hydroxylation is 1. The molecule has 1 saturated heterocycles. The summed E-state index contributed by atoms with van der Waals surface area (Å²) in [5.74, 6) is 1.19. The van der Waals surface area contributed by atoms with E-state index in [1.165, 1.54) is 0 Å². The molecule has 0 radical (unpaired) electrons. The second kappa shape index (κ2) is 7.13. The fourth-order valence-corrected chi connectivity index (χ4v) is 5.34. The molecule has 26 heavy (non-hydrogen) atoms. The van der Waals surface area contributed by atoms with Gasteiger partial charge in [0, 0.05) is 38.6 Å². The van der Waals surface area contributed by atoms with Crippen molar-refractivity contribution in [2.45, 2.75) is 45.2 Å². The minimum Gasteiger partial charge on any atom is -0.347 e. The topological polar surface area (TPSA) is 87.1 Å². The molecule has 9 heteroatoms. The van der Waals surface area contributed by atoms with Gasteiger partial charge in [0.05, 0.1) is 17.4 Å². The molecule has 0 saturated carbocycles. The van der Waals surface area contributed by atoms with E-state index >= 15 is 0 Å². The number of sulfonamides is 1. The van der Waals surface area contributed by atoms with E-state index in [9.17, 15) is 8.42 Å². The number of aromatic nitrogens is 4. The molecule has 3 heterocycles. The first-order valence-electron chi connectivity index (χ1n) is 8.95. The van der Waals surface area contributed by atoms with Crippen molar-refractivity contribution < 1.29 is 8.42 Å². The van der Waals surface area contributed by atoms with Crippen LogP contribution < -0.4 is 0 Å². The molecule has 0 aromatic carbocycles. The van der Waals surface area contributed by atoms with Crippen LogP contribution in [0.25, 0.3) is 0 Å². The van der Waals surface area contributed by atoms with Crippen molar-refractivity contribution in [3.8, 4) is 0 Å². The first-order chi connectivity index (χ1) is 12.2. The molecule has 1 unspecified atom stereocenters. The smallest absolute Gasteiger partial charge is 0.246 e. The van der Waals surface area contributed by atoms with Crippen LogP contribution >= 0.6 is 0 Å². The predicted molar refractivity (Wildman–Crippen MR) is 99.3 cm³/mol. The van der Waals surface area contributed by atoms with E-state index in [-0.39, 0.29) is 6.04 Å². The van der Waals surface area contributed by atoms with E-state index in [2.05, 4.69) is 33.8 Å². The van der Waals surface area contributed by atoms with Gasteiger partial charge in [-0.05, 0) is 26.8 Å². The molecule has 3 rings (SSSR count).